The minimum Gasteiger partial charge on any atom is -0.492 e. The maximum Gasteiger partial charge on any atom is 0.224 e. The van der Waals surface area contributed by atoms with Gasteiger partial charge in [0.15, 0.2) is 0 Å². The standard InChI is InChI=1S/C34H35ClFN5O2/c1-3-42-30-19-23(20-31(43-4-2)33(30)41-15-7-8-16-41)22-40-17-13-25(14-18-40)37-34-38-29-12-11-24(35)21-27(29)32(39-34)26-9-5-6-10-28(26)36/h5-12,15-16,19-21,25H,3-4,13-14,17-18,22H2,1-2H3,(H,37,38,39). The van der Waals surface area contributed by atoms with Crippen LogP contribution in [0, 0.1) is 5.82 Å². The normalized spacial score (nSPS) is 14.2. The van der Waals surface area contributed by atoms with Crippen molar-refractivity contribution in [3.05, 3.63) is 95.5 Å². The lowest BCUT2D eigenvalue weighted by molar-refractivity contribution is 0.210. The summed E-state index contributed by atoms with van der Waals surface area (Å²) in [5, 5.41) is 4.81. The highest BCUT2D eigenvalue weighted by Crippen LogP contribution is 2.36. The Hall–Kier alpha value is -4.14. The fourth-order valence-corrected chi connectivity index (χ4v) is 5.87. The third-order valence-corrected chi connectivity index (χ3v) is 7.91. The first-order chi connectivity index (χ1) is 21.0. The summed E-state index contributed by atoms with van der Waals surface area (Å²) in [7, 11) is 0. The maximum atomic E-state index is 14.8. The van der Waals surface area contributed by atoms with Crippen LogP contribution in [-0.2, 0) is 6.54 Å². The highest BCUT2D eigenvalue weighted by molar-refractivity contribution is 6.31. The topological polar surface area (TPSA) is 64.4 Å². The Kier molecular flexibility index (Phi) is 8.77. The number of rotatable bonds is 10. The summed E-state index contributed by atoms with van der Waals surface area (Å²) in [6.07, 6.45) is 5.86. The first kappa shape index (κ1) is 29.0. The zero-order chi connectivity index (χ0) is 29.8. The number of piperidine rings is 1. The zero-order valence-corrected chi connectivity index (χ0v) is 25.1. The molecule has 2 aromatic heterocycles. The minimum absolute atomic E-state index is 0.198. The van der Waals surface area contributed by atoms with Gasteiger partial charge in [-0.1, -0.05) is 23.7 Å². The van der Waals surface area contributed by atoms with E-state index in [1.807, 2.05) is 55.1 Å². The molecule has 6 rings (SSSR count). The summed E-state index contributed by atoms with van der Waals surface area (Å²) in [5.74, 6) is 1.80. The van der Waals surface area contributed by atoms with Gasteiger partial charge in [-0.2, -0.15) is 0 Å². The molecular formula is C34H35ClFN5O2. The number of aromatic nitrogens is 3. The molecule has 7 nitrogen and oxygen atoms in total. The van der Waals surface area contributed by atoms with Gasteiger partial charge in [-0.15, -0.1) is 0 Å². The van der Waals surface area contributed by atoms with Crippen molar-refractivity contribution in [1.29, 1.82) is 0 Å². The Morgan fingerprint density at radius 1 is 0.907 bits per heavy atom. The molecule has 0 unspecified atom stereocenters. The van der Waals surface area contributed by atoms with Crippen LogP contribution in [0.1, 0.15) is 32.3 Å². The lowest BCUT2D eigenvalue weighted by Gasteiger charge is -2.32. The molecule has 0 aliphatic carbocycles. The second-order valence-electron chi connectivity index (χ2n) is 10.6. The number of likely N-dealkylation sites (tertiary alicyclic amines) is 1. The van der Waals surface area contributed by atoms with E-state index in [0.29, 0.717) is 35.4 Å². The van der Waals surface area contributed by atoms with Gasteiger partial charge in [0, 0.05) is 54.0 Å². The molecule has 9 heteroatoms. The summed E-state index contributed by atoms with van der Waals surface area (Å²) < 4.78 is 29.0. The fraction of sp³-hybridized carbons (Fsp3) is 0.294. The van der Waals surface area contributed by atoms with Gasteiger partial charge >= 0.3 is 0 Å². The number of hydrogen-bond donors (Lipinski definition) is 1. The number of hydrogen-bond acceptors (Lipinski definition) is 6. The maximum absolute atomic E-state index is 14.8. The highest BCUT2D eigenvalue weighted by atomic mass is 35.5. The van der Waals surface area contributed by atoms with Crippen LogP contribution in [0.5, 0.6) is 11.5 Å². The van der Waals surface area contributed by atoms with Gasteiger partial charge in [-0.05, 0) is 86.8 Å². The molecule has 5 aromatic rings. The summed E-state index contributed by atoms with van der Waals surface area (Å²) in [5.41, 5.74) is 3.75. The van der Waals surface area contributed by atoms with Crippen molar-refractivity contribution in [1.82, 2.24) is 19.4 Å². The second-order valence-corrected chi connectivity index (χ2v) is 11.1. The van der Waals surface area contributed by atoms with Crippen molar-refractivity contribution < 1.29 is 13.9 Å². The number of nitrogens with zero attached hydrogens (tertiary/aromatic N) is 4. The molecule has 0 amide bonds. The molecular weight excluding hydrogens is 565 g/mol. The predicted molar refractivity (Wildman–Crippen MR) is 170 cm³/mol. The van der Waals surface area contributed by atoms with E-state index in [1.54, 1.807) is 24.3 Å². The largest absolute Gasteiger partial charge is 0.492 e. The smallest absolute Gasteiger partial charge is 0.224 e. The molecule has 1 aliphatic rings. The summed E-state index contributed by atoms with van der Waals surface area (Å²) in [4.78, 5) is 12.0. The molecule has 0 bridgehead atoms. The van der Waals surface area contributed by atoms with E-state index in [1.165, 1.54) is 6.07 Å². The Morgan fingerprint density at radius 2 is 1.60 bits per heavy atom. The number of halogens is 2. The number of fused-ring (bicyclic) bond motifs is 1. The first-order valence-electron chi connectivity index (χ1n) is 14.8. The molecule has 3 heterocycles. The Balaban J connectivity index is 1.18. The van der Waals surface area contributed by atoms with Crippen LogP contribution in [0.25, 0.3) is 27.8 Å². The van der Waals surface area contributed by atoms with Crippen molar-refractivity contribution >= 4 is 28.5 Å². The van der Waals surface area contributed by atoms with Crippen LogP contribution >= 0.6 is 11.6 Å². The molecule has 1 saturated heterocycles. The van der Waals surface area contributed by atoms with Crippen molar-refractivity contribution in [2.45, 2.75) is 39.3 Å². The average molecular weight is 600 g/mol. The molecule has 222 valence electrons. The molecule has 0 saturated carbocycles. The van der Waals surface area contributed by atoms with E-state index < -0.39 is 0 Å². The number of anilines is 1. The SMILES string of the molecule is CCOc1cc(CN2CCC(Nc3nc(-c4ccccc4F)c4cc(Cl)ccc4n3)CC2)cc(OCC)c1-n1cccc1. The lowest BCUT2D eigenvalue weighted by Crippen LogP contribution is -2.39. The van der Waals surface area contributed by atoms with E-state index in [2.05, 4.69) is 22.3 Å². The monoisotopic (exact) mass is 599 g/mol. The Bertz CT molecular complexity index is 1680. The number of benzene rings is 3. The first-order valence-corrected chi connectivity index (χ1v) is 15.2. The molecule has 0 spiro atoms. The van der Waals surface area contributed by atoms with Crippen LogP contribution in [0.15, 0.2) is 79.1 Å². The van der Waals surface area contributed by atoms with Gasteiger partial charge in [-0.25, -0.2) is 14.4 Å². The van der Waals surface area contributed by atoms with E-state index in [9.17, 15) is 4.39 Å². The number of nitrogens with one attached hydrogen (secondary N) is 1. The zero-order valence-electron chi connectivity index (χ0n) is 24.4. The highest BCUT2D eigenvalue weighted by Gasteiger charge is 2.23. The quantitative estimate of drug-likeness (QED) is 0.177. The molecule has 0 atom stereocenters. The third kappa shape index (κ3) is 6.45. The van der Waals surface area contributed by atoms with Crippen LogP contribution in [0.2, 0.25) is 5.02 Å². The van der Waals surface area contributed by atoms with Gasteiger partial charge in [0.25, 0.3) is 0 Å². The van der Waals surface area contributed by atoms with Gasteiger partial charge in [-0.3, -0.25) is 4.90 Å². The molecule has 0 radical (unpaired) electrons. The van der Waals surface area contributed by atoms with E-state index >= 15 is 0 Å². The van der Waals surface area contributed by atoms with Crippen molar-refractivity contribution in [2.75, 3.05) is 31.6 Å². The third-order valence-electron chi connectivity index (χ3n) is 7.68. The molecule has 1 N–H and O–H groups in total. The van der Waals surface area contributed by atoms with Crippen molar-refractivity contribution in [3.63, 3.8) is 0 Å². The van der Waals surface area contributed by atoms with Gasteiger partial charge < -0.3 is 19.4 Å². The van der Waals surface area contributed by atoms with Gasteiger partial charge in [0.2, 0.25) is 5.95 Å². The molecule has 3 aromatic carbocycles. The van der Waals surface area contributed by atoms with Crippen LogP contribution < -0.4 is 14.8 Å². The van der Waals surface area contributed by atoms with Crippen LogP contribution in [0.3, 0.4) is 0 Å². The molecule has 43 heavy (non-hydrogen) atoms. The number of ether oxygens (including phenoxy) is 2. The predicted octanol–water partition coefficient (Wildman–Crippen LogP) is 7.75. The molecule has 1 aliphatic heterocycles. The van der Waals surface area contributed by atoms with Crippen LogP contribution in [-0.4, -0.2) is 51.8 Å². The summed E-state index contributed by atoms with van der Waals surface area (Å²) >= 11 is 6.28. The lowest BCUT2D eigenvalue weighted by atomic mass is 10.0. The summed E-state index contributed by atoms with van der Waals surface area (Å²) in [6.45, 7) is 7.76. The Labute approximate surface area is 256 Å². The van der Waals surface area contributed by atoms with Gasteiger partial charge in [0.1, 0.15) is 23.0 Å². The van der Waals surface area contributed by atoms with Crippen molar-refractivity contribution in [2.24, 2.45) is 0 Å². The van der Waals surface area contributed by atoms with Gasteiger partial charge in [0.05, 0.1) is 24.4 Å². The minimum atomic E-state index is -0.330. The summed E-state index contributed by atoms with van der Waals surface area (Å²) in [6, 6.07) is 20.6. The average Bonchev–Trinajstić information content (AvgIpc) is 3.53. The van der Waals surface area contributed by atoms with Crippen LogP contribution in [0.4, 0.5) is 10.3 Å². The molecule has 1 fully saturated rings. The van der Waals surface area contributed by atoms with E-state index in [0.717, 1.165) is 66.1 Å². The Morgan fingerprint density at radius 3 is 2.28 bits per heavy atom. The van der Waals surface area contributed by atoms with E-state index in [4.69, 9.17) is 31.0 Å². The second kappa shape index (κ2) is 13.0. The van der Waals surface area contributed by atoms with Crippen molar-refractivity contribution in [3.8, 4) is 28.4 Å². The fourth-order valence-electron chi connectivity index (χ4n) is 5.70. The van der Waals surface area contributed by atoms with E-state index in [-0.39, 0.29) is 11.9 Å².